The van der Waals surface area contributed by atoms with Gasteiger partial charge in [0.1, 0.15) is 0 Å². The van der Waals surface area contributed by atoms with Crippen LogP contribution in [0.4, 0.5) is 0 Å². The fourth-order valence-electron chi connectivity index (χ4n) is 3.86. The van der Waals surface area contributed by atoms with Gasteiger partial charge in [-0.15, -0.1) is 0 Å². The normalized spacial score (nSPS) is 32.6. The average molecular weight is 259 g/mol. The molecule has 19 heavy (non-hydrogen) atoms. The summed E-state index contributed by atoms with van der Waals surface area (Å²) in [5.74, 6) is 0. The fraction of sp³-hybridized carbons (Fsp3) is 0.647. The van der Waals surface area contributed by atoms with E-state index in [2.05, 4.69) is 36.1 Å². The number of likely N-dealkylation sites (tertiary alicyclic amines) is 1. The van der Waals surface area contributed by atoms with Crippen LogP contribution in [0.2, 0.25) is 0 Å². The summed E-state index contributed by atoms with van der Waals surface area (Å²) in [6, 6.07) is 9.35. The highest BCUT2D eigenvalue weighted by Gasteiger charge is 2.34. The summed E-state index contributed by atoms with van der Waals surface area (Å²) in [7, 11) is 0. The number of rotatable bonds is 1. The van der Waals surface area contributed by atoms with Gasteiger partial charge in [0.25, 0.3) is 0 Å². The summed E-state index contributed by atoms with van der Waals surface area (Å²) in [6.07, 6.45) is 7.17. The van der Waals surface area contributed by atoms with Crippen LogP contribution in [0.1, 0.15) is 56.3 Å². The Balaban J connectivity index is 1.82. The van der Waals surface area contributed by atoms with E-state index in [9.17, 15) is 5.11 Å². The van der Waals surface area contributed by atoms with Crippen molar-refractivity contribution in [1.82, 2.24) is 4.90 Å². The number of aryl methyl sites for hydroxylation is 1. The number of hydrogen-bond acceptors (Lipinski definition) is 2. The standard InChI is InChI=1S/C17H25NO/c1-13-7-3-2-6-12-18(13)16-11-10-14-8-4-5-9-15(14)17(16)19/h4-5,8-9,13,16-17,19H,2-3,6-7,10-12H2,1H3. The monoisotopic (exact) mass is 259 g/mol. The Morgan fingerprint density at radius 1 is 1.11 bits per heavy atom. The summed E-state index contributed by atoms with van der Waals surface area (Å²) >= 11 is 0. The van der Waals surface area contributed by atoms with Crippen LogP contribution in [0.3, 0.4) is 0 Å². The highest BCUT2D eigenvalue weighted by Crippen LogP contribution is 2.35. The van der Waals surface area contributed by atoms with E-state index in [-0.39, 0.29) is 6.10 Å². The van der Waals surface area contributed by atoms with Crippen LogP contribution in [-0.4, -0.2) is 28.6 Å². The Hall–Kier alpha value is -0.860. The van der Waals surface area contributed by atoms with Gasteiger partial charge in [-0.2, -0.15) is 0 Å². The van der Waals surface area contributed by atoms with Crippen molar-refractivity contribution in [3.8, 4) is 0 Å². The lowest BCUT2D eigenvalue weighted by atomic mass is 9.84. The SMILES string of the molecule is CC1CCCCCN1C1CCc2ccccc2C1O. The topological polar surface area (TPSA) is 23.5 Å². The van der Waals surface area contributed by atoms with Crippen molar-refractivity contribution in [2.24, 2.45) is 0 Å². The second-order valence-corrected chi connectivity index (χ2v) is 6.19. The zero-order chi connectivity index (χ0) is 13.2. The van der Waals surface area contributed by atoms with Gasteiger partial charge in [0.2, 0.25) is 0 Å². The first kappa shape index (κ1) is 13.1. The van der Waals surface area contributed by atoms with Crippen LogP contribution < -0.4 is 0 Å². The molecule has 0 amide bonds. The Labute approximate surface area is 116 Å². The van der Waals surface area contributed by atoms with Crippen LogP contribution in [0.25, 0.3) is 0 Å². The highest BCUT2D eigenvalue weighted by molar-refractivity contribution is 5.32. The number of aliphatic hydroxyl groups excluding tert-OH is 1. The third kappa shape index (κ3) is 2.56. The minimum atomic E-state index is -0.300. The molecule has 0 saturated carbocycles. The van der Waals surface area contributed by atoms with Gasteiger partial charge in [-0.05, 0) is 50.3 Å². The summed E-state index contributed by atoms with van der Waals surface area (Å²) in [5, 5.41) is 10.7. The molecule has 3 unspecified atom stereocenters. The maximum absolute atomic E-state index is 10.7. The van der Waals surface area contributed by atoms with Gasteiger partial charge in [-0.1, -0.05) is 37.1 Å². The lowest BCUT2D eigenvalue weighted by Crippen LogP contribution is -2.46. The highest BCUT2D eigenvalue weighted by atomic mass is 16.3. The van der Waals surface area contributed by atoms with Gasteiger partial charge in [0.05, 0.1) is 6.10 Å². The van der Waals surface area contributed by atoms with Gasteiger partial charge >= 0.3 is 0 Å². The fourth-order valence-corrected chi connectivity index (χ4v) is 3.86. The largest absolute Gasteiger partial charge is 0.387 e. The predicted molar refractivity (Wildman–Crippen MR) is 78.1 cm³/mol. The third-order valence-electron chi connectivity index (χ3n) is 4.98. The zero-order valence-electron chi connectivity index (χ0n) is 11.9. The summed E-state index contributed by atoms with van der Waals surface area (Å²) in [5.41, 5.74) is 2.50. The quantitative estimate of drug-likeness (QED) is 0.836. The first-order valence-electron chi connectivity index (χ1n) is 7.79. The molecular weight excluding hydrogens is 234 g/mol. The molecular formula is C17H25NO. The first-order valence-corrected chi connectivity index (χ1v) is 7.79. The molecule has 0 aromatic heterocycles. The van der Waals surface area contributed by atoms with E-state index in [1.807, 2.05) is 0 Å². The molecule has 2 aliphatic rings. The van der Waals surface area contributed by atoms with Crippen LogP contribution in [0.15, 0.2) is 24.3 Å². The van der Waals surface area contributed by atoms with E-state index in [1.165, 1.54) is 31.2 Å². The van der Waals surface area contributed by atoms with Crippen molar-refractivity contribution in [2.75, 3.05) is 6.54 Å². The maximum atomic E-state index is 10.7. The second kappa shape index (κ2) is 5.64. The van der Waals surface area contributed by atoms with Gasteiger partial charge in [-0.3, -0.25) is 4.90 Å². The molecule has 2 nitrogen and oxygen atoms in total. The molecule has 3 atom stereocenters. The van der Waals surface area contributed by atoms with Crippen molar-refractivity contribution in [1.29, 1.82) is 0 Å². The molecule has 104 valence electrons. The van der Waals surface area contributed by atoms with Gasteiger partial charge in [-0.25, -0.2) is 0 Å². The number of aliphatic hydroxyl groups is 1. The van der Waals surface area contributed by atoms with Gasteiger partial charge in [0.15, 0.2) is 0 Å². The Morgan fingerprint density at radius 3 is 2.84 bits per heavy atom. The number of nitrogens with zero attached hydrogens (tertiary/aromatic N) is 1. The average Bonchev–Trinajstić information content (AvgIpc) is 2.65. The van der Waals surface area contributed by atoms with Crippen molar-refractivity contribution in [3.63, 3.8) is 0 Å². The smallest absolute Gasteiger partial charge is 0.0948 e. The molecule has 3 rings (SSSR count). The van der Waals surface area contributed by atoms with Crippen LogP contribution in [-0.2, 0) is 6.42 Å². The van der Waals surface area contributed by atoms with E-state index in [0.29, 0.717) is 12.1 Å². The van der Waals surface area contributed by atoms with Crippen molar-refractivity contribution >= 4 is 0 Å². The predicted octanol–water partition coefficient (Wildman–Crippen LogP) is 3.30. The molecule has 1 saturated heterocycles. The van der Waals surface area contributed by atoms with Crippen LogP contribution in [0.5, 0.6) is 0 Å². The third-order valence-corrected chi connectivity index (χ3v) is 4.98. The Kier molecular flexibility index (Phi) is 3.90. The summed E-state index contributed by atoms with van der Waals surface area (Å²) < 4.78 is 0. The molecule has 1 aliphatic carbocycles. The van der Waals surface area contributed by atoms with Gasteiger partial charge in [0, 0.05) is 12.1 Å². The van der Waals surface area contributed by atoms with Crippen LogP contribution >= 0.6 is 0 Å². The number of fused-ring (bicyclic) bond motifs is 1. The second-order valence-electron chi connectivity index (χ2n) is 6.19. The minimum Gasteiger partial charge on any atom is -0.387 e. The molecule has 0 radical (unpaired) electrons. The van der Waals surface area contributed by atoms with E-state index in [4.69, 9.17) is 0 Å². The van der Waals surface area contributed by atoms with Crippen LogP contribution in [0, 0.1) is 0 Å². The molecule has 1 aromatic carbocycles. The molecule has 1 N–H and O–H groups in total. The van der Waals surface area contributed by atoms with E-state index in [0.717, 1.165) is 24.9 Å². The molecule has 2 heteroatoms. The molecule has 1 heterocycles. The molecule has 0 spiro atoms. The number of hydrogen-bond donors (Lipinski definition) is 1. The Bertz CT molecular complexity index is 431. The first-order chi connectivity index (χ1) is 9.27. The molecule has 1 aliphatic heterocycles. The molecule has 1 aromatic rings. The summed E-state index contributed by atoms with van der Waals surface area (Å²) in [6.45, 7) is 3.49. The van der Waals surface area contributed by atoms with E-state index in [1.54, 1.807) is 0 Å². The summed E-state index contributed by atoms with van der Waals surface area (Å²) in [4.78, 5) is 2.58. The molecule has 1 fully saturated rings. The lowest BCUT2D eigenvalue weighted by molar-refractivity contribution is 0.0170. The van der Waals surface area contributed by atoms with E-state index >= 15 is 0 Å². The van der Waals surface area contributed by atoms with Crippen molar-refractivity contribution in [3.05, 3.63) is 35.4 Å². The Morgan fingerprint density at radius 2 is 1.95 bits per heavy atom. The zero-order valence-corrected chi connectivity index (χ0v) is 11.9. The number of benzene rings is 1. The van der Waals surface area contributed by atoms with Crippen molar-refractivity contribution < 1.29 is 5.11 Å². The molecule has 0 bridgehead atoms. The lowest BCUT2D eigenvalue weighted by Gasteiger charge is -2.41. The minimum absolute atomic E-state index is 0.300. The van der Waals surface area contributed by atoms with Crippen molar-refractivity contribution in [2.45, 2.75) is 63.6 Å². The maximum Gasteiger partial charge on any atom is 0.0948 e. The van der Waals surface area contributed by atoms with Gasteiger partial charge < -0.3 is 5.11 Å². The van der Waals surface area contributed by atoms with E-state index < -0.39 is 0 Å².